The fourth-order valence-corrected chi connectivity index (χ4v) is 3.72. The summed E-state index contributed by atoms with van der Waals surface area (Å²) in [6, 6.07) is 15.6. The second-order valence-corrected chi connectivity index (χ2v) is 6.66. The van der Waals surface area contributed by atoms with Gasteiger partial charge >= 0.3 is 4.96 Å². The number of carbonyl (C=O) groups is 1. The first-order valence-electron chi connectivity index (χ1n) is 7.94. The van der Waals surface area contributed by atoms with Crippen molar-refractivity contribution in [1.29, 1.82) is 0 Å². The van der Waals surface area contributed by atoms with Crippen LogP contribution >= 0.6 is 11.3 Å². The molecular weight excluding hydrogens is 350 g/mol. The summed E-state index contributed by atoms with van der Waals surface area (Å²) >= 11 is 1.56. The Labute approximate surface area is 152 Å². The van der Waals surface area contributed by atoms with Crippen molar-refractivity contribution in [3.8, 4) is 11.3 Å². The molecule has 26 heavy (non-hydrogen) atoms. The Hall–Kier alpha value is -3.32. The molecule has 0 atom stereocenters. The van der Waals surface area contributed by atoms with Gasteiger partial charge in [-0.2, -0.15) is 4.40 Å². The molecule has 0 radical (unpaired) electrons. The van der Waals surface area contributed by atoms with E-state index in [1.165, 1.54) is 24.3 Å². The summed E-state index contributed by atoms with van der Waals surface area (Å²) in [6.45, 7) is 0.166. The monoisotopic (exact) mass is 364 g/mol. The lowest BCUT2D eigenvalue weighted by atomic mass is 10.1. The molecule has 6 nitrogen and oxygen atoms in total. The average Bonchev–Trinajstić information content (AvgIpc) is 3.25. The van der Waals surface area contributed by atoms with Crippen LogP contribution in [0.4, 0.5) is 5.69 Å². The zero-order valence-electron chi connectivity index (χ0n) is 13.6. The average molecular weight is 364 g/mol. The molecule has 0 fully saturated rings. The number of fused-ring (bicyclic) bond motifs is 1. The van der Waals surface area contributed by atoms with Crippen molar-refractivity contribution in [2.24, 2.45) is 0 Å². The Balaban J connectivity index is 1.71. The van der Waals surface area contributed by atoms with Crippen LogP contribution in [-0.4, -0.2) is 15.3 Å². The van der Waals surface area contributed by atoms with Crippen LogP contribution in [0.25, 0.3) is 16.2 Å². The van der Waals surface area contributed by atoms with Gasteiger partial charge in [0.25, 0.3) is 5.69 Å². The zero-order chi connectivity index (χ0) is 18.1. The normalized spacial score (nSPS) is 10.9. The largest absolute Gasteiger partial charge is 0.346 e. The number of thiazole rings is 1. The van der Waals surface area contributed by atoms with Gasteiger partial charge in [0.05, 0.1) is 4.92 Å². The molecule has 0 aliphatic carbocycles. The highest BCUT2D eigenvalue weighted by Crippen LogP contribution is 2.23. The predicted octanol–water partition coefficient (Wildman–Crippen LogP) is 3.75. The summed E-state index contributed by atoms with van der Waals surface area (Å²) in [5.74, 6) is -0.0939. The number of carbonyl (C=O) groups excluding carboxylic acids is 1. The standard InChI is InChI=1S/C19H14N3O3S/c23-18(15-6-8-16(9-7-15)22(24)25)13-21-17(14-4-2-1-3-5-14)12-20-10-11-26-19(20)21/h1-12H,13H2/q+1. The molecule has 0 unspecified atom stereocenters. The molecule has 4 rings (SSSR count). The van der Waals surface area contributed by atoms with E-state index in [2.05, 4.69) is 0 Å². The van der Waals surface area contributed by atoms with Crippen LogP contribution in [0.1, 0.15) is 10.4 Å². The molecule has 0 saturated heterocycles. The van der Waals surface area contributed by atoms with Gasteiger partial charge in [0, 0.05) is 28.6 Å². The van der Waals surface area contributed by atoms with Crippen LogP contribution in [0.15, 0.2) is 72.4 Å². The molecule has 7 heteroatoms. The van der Waals surface area contributed by atoms with E-state index in [4.69, 9.17) is 0 Å². The van der Waals surface area contributed by atoms with Crippen molar-refractivity contribution in [2.45, 2.75) is 6.54 Å². The third-order valence-electron chi connectivity index (χ3n) is 4.17. The number of nitrogens with zero attached hydrogens (tertiary/aromatic N) is 3. The van der Waals surface area contributed by atoms with E-state index in [-0.39, 0.29) is 18.0 Å². The quantitative estimate of drug-likeness (QED) is 0.234. The number of nitro benzene ring substituents is 1. The Morgan fingerprint density at radius 1 is 1.12 bits per heavy atom. The van der Waals surface area contributed by atoms with E-state index in [9.17, 15) is 14.9 Å². The summed E-state index contributed by atoms with van der Waals surface area (Å²) in [4.78, 5) is 24.0. The van der Waals surface area contributed by atoms with E-state index in [0.29, 0.717) is 5.56 Å². The second-order valence-electron chi connectivity index (χ2n) is 5.79. The SMILES string of the molecule is O=C(Cn1c(-c2ccccc2)c[n+]2ccsc12)c1ccc([N+](=O)[O-])cc1. The van der Waals surface area contributed by atoms with Crippen molar-refractivity contribution < 1.29 is 14.1 Å². The van der Waals surface area contributed by atoms with Gasteiger partial charge in [0.2, 0.25) is 5.78 Å². The van der Waals surface area contributed by atoms with Gasteiger partial charge in [0.15, 0.2) is 12.2 Å². The number of Topliss-reactive ketones (excluding diaryl/α,β-unsaturated/α-hetero) is 1. The maximum Gasteiger partial charge on any atom is 0.346 e. The molecule has 2 heterocycles. The Bertz CT molecular complexity index is 1100. The lowest BCUT2D eigenvalue weighted by Gasteiger charge is -2.03. The van der Waals surface area contributed by atoms with E-state index in [1.807, 2.05) is 57.1 Å². The van der Waals surface area contributed by atoms with Gasteiger partial charge in [-0.3, -0.25) is 14.9 Å². The fourth-order valence-electron chi connectivity index (χ4n) is 2.88. The summed E-state index contributed by atoms with van der Waals surface area (Å²) in [6.07, 6.45) is 3.96. The van der Waals surface area contributed by atoms with Crippen LogP contribution in [0.5, 0.6) is 0 Å². The maximum atomic E-state index is 12.7. The minimum atomic E-state index is -0.473. The van der Waals surface area contributed by atoms with Crippen LogP contribution in [0, 0.1) is 10.1 Å². The summed E-state index contributed by atoms with van der Waals surface area (Å²) < 4.78 is 3.97. The number of aromatic nitrogens is 2. The molecule has 2 aromatic heterocycles. The van der Waals surface area contributed by atoms with E-state index >= 15 is 0 Å². The van der Waals surface area contributed by atoms with Crippen LogP contribution in [0.2, 0.25) is 0 Å². The number of benzene rings is 2. The predicted molar refractivity (Wildman–Crippen MR) is 98.3 cm³/mol. The van der Waals surface area contributed by atoms with Crippen LogP contribution in [0.3, 0.4) is 0 Å². The van der Waals surface area contributed by atoms with Crippen LogP contribution in [-0.2, 0) is 6.54 Å². The van der Waals surface area contributed by atoms with Crippen molar-refractivity contribution in [3.05, 3.63) is 88.0 Å². The molecule has 4 aromatic rings. The number of nitro groups is 1. The molecule has 0 N–H and O–H groups in total. The van der Waals surface area contributed by atoms with Gasteiger partial charge < -0.3 is 0 Å². The molecule has 0 aliphatic rings. The molecule has 0 bridgehead atoms. The number of non-ortho nitro benzene ring substituents is 1. The molecule has 0 amide bonds. The van der Waals surface area contributed by atoms with E-state index in [0.717, 1.165) is 16.2 Å². The zero-order valence-corrected chi connectivity index (χ0v) is 14.4. The van der Waals surface area contributed by atoms with Crippen molar-refractivity contribution in [1.82, 2.24) is 4.57 Å². The van der Waals surface area contributed by atoms with Gasteiger partial charge in [-0.25, -0.2) is 4.57 Å². The number of rotatable bonds is 5. The number of ketones is 1. The van der Waals surface area contributed by atoms with Crippen molar-refractivity contribution in [3.63, 3.8) is 0 Å². The van der Waals surface area contributed by atoms with E-state index < -0.39 is 4.92 Å². The van der Waals surface area contributed by atoms with E-state index in [1.54, 1.807) is 11.3 Å². The smallest absolute Gasteiger partial charge is 0.290 e. The molecule has 0 aliphatic heterocycles. The van der Waals surface area contributed by atoms with Gasteiger partial charge in [-0.15, -0.1) is 0 Å². The van der Waals surface area contributed by atoms with Gasteiger partial charge in [0.1, 0.15) is 12.4 Å². The summed E-state index contributed by atoms with van der Waals surface area (Å²) in [7, 11) is 0. The first-order chi connectivity index (χ1) is 12.6. The molecule has 0 spiro atoms. The van der Waals surface area contributed by atoms with Crippen molar-refractivity contribution in [2.75, 3.05) is 0 Å². The molecule has 2 aromatic carbocycles. The fraction of sp³-hybridized carbons (Fsp3) is 0.0526. The maximum absolute atomic E-state index is 12.7. The summed E-state index contributed by atoms with van der Waals surface area (Å²) in [5, 5.41) is 12.7. The van der Waals surface area contributed by atoms with Gasteiger partial charge in [-0.05, 0) is 12.1 Å². The highest BCUT2D eigenvalue weighted by Gasteiger charge is 2.23. The number of hydrogen-bond donors (Lipinski definition) is 0. The second kappa shape index (κ2) is 6.53. The Morgan fingerprint density at radius 2 is 1.85 bits per heavy atom. The Morgan fingerprint density at radius 3 is 2.54 bits per heavy atom. The molecular formula is C19H14N3O3S+. The highest BCUT2D eigenvalue weighted by atomic mass is 32.1. The highest BCUT2D eigenvalue weighted by molar-refractivity contribution is 7.14. The third kappa shape index (κ3) is 2.89. The number of imidazole rings is 1. The van der Waals surface area contributed by atoms with Gasteiger partial charge in [-0.1, -0.05) is 41.7 Å². The van der Waals surface area contributed by atoms with Crippen LogP contribution < -0.4 is 4.40 Å². The molecule has 128 valence electrons. The first-order valence-corrected chi connectivity index (χ1v) is 8.82. The number of hydrogen-bond acceptors (Lipinski definition) is 4. The molecule has 0 saturated carbocycles. The lowest BCUT2D eigenvalue weighted by Crippen LogP contribution is -2.16. The minimum absolute atomic E-state index is 0.0244. The first kappa shape index (κ1) is 16.2. The Kier molecular flexibility index (Phi) is 4.06. The summed E-state index contributed by atoms with van der Waals surface area (Å²) in [5.41, 5.74) is 2.41. The third-order valence-corrected chi connectivity index (χ3v) is 5.07. The topological polar surface area (TPSA) is 69.2 Å². The lowest BCUT2D eigenvalue weighted by molar-refractivity contribution is -0.505. The minimum Gasteiger partial charge on any atom is -0.290 e. The van der Waals surface area contributed by atoms with Crippen molar-refractivity contribution >= 4 is 27.8 Å².